The molecule has 0 aliphatic carbocycles. The van der Waals surface area contributed by atoms with Crippen molar-refractivity contribution in [3.8, 4) is 0 Å². The van der Waals surface area contributed by atoms with Crippen LogP contribution in [0.2, 0.25) is 0 Å². The molecule has 2 aromatic carbocycles. The van der Waals surface area contributed by atoms with Crippen molar-refractivity contribution >= 4 is 23.2 Å². The molecule has 0 unspecified atom stereocenters. The Balaban J connectivity index is 1.56. The summed E-state index contributed by atoms with van der Waals surface area (Å²) in [6.07, 6.45) is -2.82. The van der Waals surface area contributed by atoms with E-state index in [9.17, 15) is 22.8 Å². The number of rotatable bonds is 6. The topological polar surface area (TPSA) is 84.2 Å². The number of carbonyl (C=O) groups is 2. The molecule has 0 radical (unpaired) electrons. The number of nitrogens with two attached hydrogens (primary N) is 1. The van der Waals surface area contributed by atoms with Gasteiger partial charge in [-0.3, -0.25) is 9.59 Å². The van der Waals surface area contributed by atoms with Crippen LogP contribution in [0.25, 0.3) is 0 Å². The third-order valence-electron chi connectivity index (χ3n) is 4.50. The number of anilines is 2. The Morgan fingerprint density at radius 3 is 2.64 bits per heavy atom. The van der Waals surface area contributed by atoms with E-state index in [0.29, 0.717) is 24.8 Å². The quantitative estimate of drug-likeness (QED) is 0.703. The van der Waals surface area contributed by atoms with E-state index in [1.54, 1.807) is 0 Å². The highest BCUT2D eigenvalue weighted by Crippen LogP contribution is 2.32. The average Bonchev–Trinajstić information content (AvgIpc) is 3.00. The van der Waals surface area contributed by atoms with Crippen molar-refractivity contribution in [2.75, 3.05) is 10.6 Å². The molecule has 8 heteroatoms. The highest BCUT2D eigenvalue weighted by Gasteiger charge is 2.31. The molecule has 0 saturated carbocycles. The van der Waals surface area contributed by atoms with Crippen LogP contribution in [0.1, 0.15) is 35.1 Å². The zero-order valence-electron chi connectivity index (χ0n) is 15.0. The molecule has 0 spiro atoms. The lowest BCUT2D eigenvalue weighted by Gasteiger charge is -2.12. The van der Waals surface area contributed by atoms with Crippen LogP contribution < -0.4 is 16.4 Å². The van der Waals surface area contributed by atoms with E-state index in [1.165, 1.54) is 6.07 Å². The monoisotopic (exact) mass is 391 g/mol. The molecule has 1 aliphatic rings. The molecule has 1 heterocycles. The molecule has 4 N–H and O–H groups in total. The average molecular weight is 391 g/mol. The molecular weight excluding hydrogens is 371 g/mol. The highest BCUT2D eigenvalue weighted by molar-refractivity contribution is 5.99. The number of hydrogen-bond acceptors (Lipinski definition) is 3. The predicted molar refractivity (Wildman–Crippen MR) is 99.7 cm³/mol. The van der Waals surface area contributed by atoms with Gasteiger partial charge in [0.25, 0.3) is 0 Å². The summed E-state index contributed by atoms with van der Waals surface area (Å²) < 4.78 is 38.9. The molecular formula is C20H20F3N3O2. The first-order chi connectivity index (χ1) is 13.2. The number of fused-ring (bicyclic) bond motifs is 1. The van der Waals surface area contributed by atoms with Crippen LogP contribution in [-0.4, -0.2) is 11.8 Å². The van der Waals surface area contributed by atoms with Gasteiger partial charge < -0.3 is 16.4 Å². The molecule has 0 saturated heterocycles. The fraction of sp³-hybridized carbons (Fsp3) is 0.300. The maximum atomic E-state index is 13.0. The Hall–Kier alpha value is -2.87. The third kappa shape index (κ3) is 4.89. The second-order valence-electron chi connectivity index (χ2n) is 6.74. The number of amides is 2. The Morgan fingerprint density at radius 1 is 1.14 bits per heavy atom. The Bertz CT molecular complexity index is 910. The minimum Gasteiger partial charge on any atom is -0.326 e. The summed E-state index contributed by atoms with van der Waals surface area (Å²) in [7, 11) is 0. The lowest BCUT2D eigenvalue weighted by molar-refractivity contribution is -0.137. The Morgan fingerprint density at radius 2 is 1.93 bits per heavy atom. The first-order valence-electron chi connectivity index (χ1n) is 8.87. The highest BCUT2D eigenvalue weighted by atomic mass is 19.4. The summed E-state index contributed by atoms with van der Waals surface area (Å²) in [5.41, 5.74) is 7.74. The zero-order valence-corrected chi connectivity index (χ0v) is 15.0. The standard InChI is InChI=1S/C20H20F3N3O2/c21-20(22,23)15-7-13(11-24)8-16(10-15)25-18(27)3-1-2-12-4-5-17-14(6-12)9-19(28)26-17/h4-8,10H,1-3,9,11,24H2,(H,25,27)(H,26,28). The Kier molecular flexibility index (Phi) is 5.69. The lowest BCUT2D eigenvalue weighted by Crippen LogP contribution is -2.14. The van der Waals surface area contributed by atoms with E-state index in [-0.39, 0.29) is 30.5 Å². The number of halogens is 3. The fourth-order valence-electron chi connectivity index (χ4n) is 3.16. The molecule has 3 rings (SSSR count). The van der Waals surface area contributed by atoms with Gasteiger partial charge in [-0.1, -0.05) is 12.1 Å². The van der Waals surface area contributed by atoms with E-state index in [2.05, 4.69) is 10.6 Å². The van der Waals surface area contributed by atoms with Crippen LogP contribution in [0.4, 0.5) is 24.5 Å². The van der Waals surface area contributed by atoms with Gasteiger partial charge >= 0.3 is 6.18 Å². The van der Waals surface area contributed by atoms with Crippen molar-refractivity contribution in [2.45, 2.75) is 38.4 Å². The molecule has 148 valence electrons. The molecule has 1 aliphatic heterocycles. The first-order valence-corrected chi connectivity index (χ1v) is 8.87. The second kappa shape index (κ2) is 8.02. The fourth-order valence-corrected chi connectivity index (χ4v) is 3.16. The number of nitrogens with one attached hydrogen (secondary N) is 2. The maximum absolute atomic E-state index is 13.0. The zero-order chi connectivity index (χ0) is 20.3. The van der Waals surface area contributed by atoms with E-state index < -0.39 is 11.7 Å². The van der Waals surface area contributed by atoms with Crippen LogP contribution in [0.15, 0.2) is 36.4 Å². The molecule has 2 aromatic rings. The van der Waals surface area contributed by atoms with Crippen LogP contribution in [-0.2, 0) is 35.2 Å². The van der Waals surface area contributed by atoms with E-state index in [0.717, 1.165) is 28.9 Å². The predicted octanol–water partition coefficient (Wildman–Crippen LogP) is 3.62. The van der Waals surface area contributed by atoms with Gasteiger partial charge in [-0.05, 0) is 53.8 Å². The lowest BCUT2D eigenvalue weighted by atomic mass is 10.0. The van der Waals surface area contributed by atoms with Crippen LogP contribution in [0.3, 0.4) is 0 Å². The van der Waals surface area contributed by atoms with Gasteiger partial charge in [0, 0.05) is 24.3 Å². The Labute approximate surface area is 160 Å². The summed E-state index contributed by atoms with van der Waals surface area (Å²) in [5, 5.41) is 5.27. The van der Waals surface area contributed by atoms with Crippen LogP contribution >= 0.6 is 0 Å². The van der Waals surface area contributed by atoms with Crippen molar-refractivity contribution < 1.29 is 22.8 Å². The van der Waals surface area contributed by atoms with Gasteiger partial charge in [-0.15, -0.1) is 0 Å². The molecule has 0 fully saturated rings. The molecule has 5 nitrogen and oxygen atoms in total. The summed E-state index contributed by atoms with van der Waals surface area (Å²) in [5.74, 6) is -0.398. The van der Waals surface area contributed by atoms with Gasteiger partial charge in [0.2, 0.25) is 11.8 Å². The summed E-state index contributed by atoms with van der Waals surface area (Å²) >= 11 is 0. The van der Waals surface area contributed by atoms with Crippen LogP contribution in [0.5, 0.6) is 0 Å². The number of carbonyl (C=O) groups excluding carboxylic acids is 2. The summed E-state index contributed by atoms with van der Waals surface area (Å²) in [6.45, 7) is -0.0531. The minimum atomic E-state index is -4.51. The van der Waals surface area contributed by atoms with Crippen molar-refractivity contribution in [1.82, 2.24) is 0 Å². The number of hydrogen-bond donors (Lipinski definition) is 3. The number of aryl methyl sites for hydroxylation is 1. The normalized spacial score (nSPS) is 13.2. The molecule has 0 aromatic heterocycles. The molecule has 0 atom stereocenters. The second-order valence-corrected chi connectivity index (χ2v) is 6.74. The molecule has 28 heavy (non-hydrogen) atoms. The van der Waals surface area contributed by atoms with E-state index >= 15 is 0 Å². The largest absolute Gasteiger partial charge is 0.416 e. The van der Waals surface area contributed by atoms with Crippen LogP contribution in [0, 0.1) is 0 Å². The van der Waals surface area contributed by atoms with Gasteiger partial charge in [0.15, 0.2) is 0 Å². The third-order valence-corrected chi connectivity index (χ3v) is 4.50. The smallest absolute Gasteiger partial charge is 0.326 e. The van der Waals surface area contributed by atoms with Crippen molar-refractivity contribution in [3.05, 3.63) is 58.7 Å². The summed E-state index contributed by atoms with van der Waals surface area (Å²) in [6, 6.07) is 8.99. The summed E-state index contributed by atoms with van der Waals surface area (Å²) in [4.78, 5) is 23.5. The molecule has 0 bridgehead atoms. The van der Waals surface area contributed by atoms with Gasteiger partial charge in [-0.25, -0.2) is 0 Å². The maximum Gasteiger partial charge on any atom is 0.416 e. The first kappa shape index (κ1) is 19.9. The minimum absolute atomic E-state index is 0.0375. The number of alkyl halides is 3. The van der Waals surface area contributed by atoms with E-state index in [4.69, 9.17) is 5.73 Å². The van der Waals surface area contributed by atoms with Crippen molar-refractivity contribution in [3.63, 3.8) is 0 Å². The van der Waals surface area contributed by atoms with Crippen molar-refractivity contribution in [2.24, 2.45) is 5.73 Å². The van der Waals surface area contributed by atoms with E-state index in [1.807, 2.05) is 18.2 Å². The van der Waals surface area contributed by atoms with Gasteiger partial charge in [0.1, 0.15) is 0 Å². The molecule has 2 amide bonds. The number of benzene rings is 2. The van der Waals surface area contributed by atoms with Crippen molar-refractivity contribution in [1.29, 1.82) is 0 Å². The SMILES string of the molecule is NCc1cc(NC(=O)CCCc2ccc3c(c2)CC(=O)N3)cc(C(F)(F)F)c1. The van der Waals surface area contributed by atoms with Gasteiger partial charge in [-0.2, -0.15) is 13.2 Å². The van der Waals surface area contributed by atoms with Gasteiger partial charge in [0.05, 0.1) is 12.0 Å².